The molecule has 0 aliphatic rings. The van der Waals surface area contributed by atoms with Gasteiger partial charge in [0.05, 0.1) is 12.5 Å². The molecule has 2 heterocycles. The topological polar surface area (TPSA) is 65.2 Å². The van der Waals surface area contributed by atoms with E-state index in [-0.39, 0.29) is 17.5 Å². The minimum Gasteiger partial charge on any atom is -0.354 e. The van der Waals surface area contributed by atoms with Gasteiger partial charge in [-0.15, -0.1) is 11.3 Å². The van der Waals surface area contributed by atoms with Crippen LogP contribution in [0, 0.1) is 6.92 Å². The number of fused-ring (bicyclic) bond motifs is 1. The molecule has 26 heavy (non-hydrogen) atoms. The number of likely N-dealkylation sites (N-methyl/N-ethyl adjacent to an activating group) is 1. The highest BCUT2D eigenvalue weighted by Gasteiger charge is 2.16. The standard InChI is InChI=1S/C20H23N3O2S/c1-13-9-15-10-14(6-7-16(15)22-20(13)25)11-19(24)21-12-17(23(2)3)18-5-4-8-26-18/h4-10,17H,11-12H2,1-3H3,(H,21,24)(H,22,25). The van der Waals surface area contributed by atoms with Crippen LogP contribution in [0.2, 0.25) is 0 Å². The van der Waals surface area contributed by atoms with Crippen molar-refractivity contribution >= 4 is 28.1 Å². The number of carbonyl (C=O) groups is 1. The van der Waals surface area contributed by atoms with Crippen molar-refractivity contribution in [1.82, 2.24) is 15.2 Å². The van der Waals surface area contributed by atoms with E-state index >= 15 is 0 Å². The van der Waals surface area contributed by atoms with Crippen molar-refractivity contribution in [2.24, 2.45) is 0 Å². The molecule has 5 nitrogen and oxygen atoms in total. The Balaban J connectivity index is 1.67. The summed E-state index contributed by atoms with van der Waals surface area (Å²) in [5.74, 6) is -0.00565. The van der Waals surface area contributed by atoms with Crippen molar-refractivity contribution in [3.63, 3.8) is 0 Å². The van der Waals surface area contributed by atoms with Crippen molar-refractivity contribution in [2.75, 3.05) is 20.6 Å². The summed E-state index contributed by atoms with van der Waals surface area (Å²) in [6.45, 7) is 2.36. The summed E-state index contributed by atoms with van der Waals surface area (Å²) >= 11 is 1.70. The quantitative estimate of drug-likeness (QED) is 0.702. The predicted octanol–water partition coefficient (Wildman–Crippen LogP) is 2.86. The number of thiophene rings is 1. The lowest BCUT2D eigenvalue weighted by Gasteiger charge is -2.23. The van der Waals surface area contributed by atoms with E-state index in [0.29, 0.717) is 18.5 Å². The van der Waals surface area contributed by atoms with Gasteiger partial charge in [0.1, 0.15) is 0 Å². The molecular weight excluding hydrogens is 346 g/mol. The Morgan fingerprint density at radius 2 is 2.08 bits per heavy atom. The van der Waals surface area contributed by atoms with Crippen LogP contribution in [-0.4, -0.2) is 36.4 Å². The first kappa shape index (κ1) is 18.4. The van der Waals surface area contributed by atoms with E-state index in [4.69, 9.17) is 0 Å². The summed E-state index contributed by atoms with van der Waals surface area (Å²) in [6, 6.07) is 11.8. The van der Waals surface area contributed by atoms with Crippen LogP contribution >= 0.6 is 11.3 Å². The molecule has 6 heteroatoms. The number of benzene rings is 1. The molecule has 1 atom stereocenters. The number of nitrogens with zero attached hydrogens (tertiary/aromatic N) is 1. The van der Waals surface area contributed by atoms with E-state index in [1.54, 1.807) is 18.3 Å². The van der Waals surface area contributed by atoms with Crippen LogP contribution in [0.5, 0.6) is 0 Å². The average molecular weight is 369 g/mol. The number of amides is 1. The number of aryl methyl sites for hydroxylation is 1. The summed E-state index contributed by atoms with van der Waals surface area (Å²) in [7, 11) is 4.03. The van der Waals surface area contributed by atoms with Gasteiger partial charge in [0.2, 0.25) is 5.91 Å². The normalized spacial score (nSPS) is 12.5. The highest BCUT2D eigenvalue weighted by molar-refractivity contribution is 7.10. The molecule has 3 aromatic rings. The van der Waals surface area contributed by atoms with Gasteiger partial charge >= 0.3 is 0 Å². The molecule has 0 fully saturated rings. The number of pyridine rings is 1. The molecule has 0 radical (unpaired) electrons. The van der Waals surface area contributed by atoms with Gasteiger partial charge in [-0.3, -0.25) is 9.59 Å². The zero-order valence-corrected chi connectivity index (χ0v) is 16.0. The first-order valence-corrected chi connectivity index (χ1v) is 9.41. The molecule has 0 saturated heterocycles. The van der Waals surface area contributed by atoms with E-state index in [2.05, 4.69) is 26.6 Å². The Morgan fingerprint density at radius 1 is 1.27 bits per heavy atom. The van der Waals surface area contributed by atoms with E-state index in [1.165, 1.54) is 4.88 Å². The molecule has 0 aliphatic heterocycles. The molecule has 0 aliphatic carbocycles. The monoisotopic (exact) mass is 369 g/mol. The fourth-order valence-corrected chi connectivity index (χ4v) is 3.87. The van der Waals surface area contributed by atoms with Crippen molar-refractivity contribution in [2.45, 2.75) is 19.4 Å². The Hall–Kier alpha value is -2.44. The number of hydrogen-bond acceptors (Lipinski definition) is 4. The maximum absolute atomic E-state index is 12.4. The molecular formula is C20H23N3O2S. The van der Waals surface area contributed by atoms with Crippen LogP contribution in [0.25, 0.3) is 10.9 Å². The number of H-pyrrole nitrogens is 1. The fraction of sp³-hybridized carbons (Fsp3) is 0.300. The fourth-order valence-electron chi connectivity index (χ4n) is 2.95. The summed E-state index contributed by atoms with van der Waals surface area (Å²) in [5, 5.41) is 6.03. The van der Waals surface area contributed by atoms with E-state index in [9.17, 15) is 9.59 Å². The van der Waals surface area contributed by atoms with Crippen LogP contribution in [0.1, 0.15) is 22.0 Å². The minimum atomic E-state index is -0.0775. The third-order valence-corrected chi connectivity index (χ3v) is 5.42. The molecule has 3 rings (SSSR count). The number of rotatable bonds is 6. The lowest BCUT2D eigenvalue weighted by atomic mass is 10.1. The van der Waals surface area contributed by atoms with Crippen LogP contribution < -0.4 is 10.9 Å². The molecule has 0 saturated carbocycles. The second-order valence-electron chi connectivity index (χ2n) is 6.68. The van der Waals surface area contributed by atoms with Crippen molar-refractivity contribution in [3.05, 3.63) is 68.1 Å². The molecule has 1 aromatic carbocycles. The van der Waals surface area contributed by atoms with Gasteiger partial charge < -0.3 is 15.2 Å². The molecule has 1 unspecified atom stereocenters. The first-order chi connectivity index (χ1) is 12.4. The van der Waals surface area contributed by atoms with Crippen molar-refractivity contribution in [1.29, 1.82) is 0 Å². The second-order valence-corrected chi connectivity index (χ2v) is 7.66. The van der Waals surface area contributed by atoms with Gasteiger partial charge in [-0.1, -0.05) is 12.1 Å². The lowest BCUT2D eigenvalue weighted by molar-refractivity contribution is -0.120. The number of carbonyl (C=O) groups excluding carboxylic acids is 1. The van der Waals surface area contributed by atoms with Crippen molar-refractivity contribution < 1.29 is 4.79 Å². The van der Waals surface area contributed by atoms with Crippen LogP contribution in [0.15, 0.2) is 46.6 Å². The zero-order chi connectivity index (χ0) is 18.7. The Bertz CT molecular complexity index is 961. The van der Waals surface area contributed by atoms with Crippen LogP contribution in [0.4, 0.5) is 0 Å². The number of aromatic nitrogens is 1. The molecule has 2 aromatic heterocycles. The largest absolute Gasteiger partial charge is 0.354 e. The van der Waals surface area contributed by atoms with E-state index < -0.39 is 0 Å². The Kier molecular flexibility index (Phi) is 5.54. The smallest absolute Gasteiger partial charge is 0.251 e. The second kappa shape index (κ2) is 7.85. The zero-order valence-electron chi connectivity index (χ0n) is 15.2. The Morgan fingerprint density at radius 3 is 2.77 bits per heavy atom. The van der Waals surface area contributed by atoms with Gasteiger partial charge in [-0.2, -0.15) is 0 Å². The summed E-state index contributed by atoms with van der Waals surface area (Å²) < 4.78 is 0. The number of hydrogen-bond donors (Lipinski definition) is 2. The first-order valence-electron chi connectivity index (χ1n) is 8.53. The average Bonchev–Trinajstić information content (AvgIpc) is 3.10. The minimum absolute atomic E-state index is 0.00565. The van der Waals surface area contributed by atoms with Gasteiger partial charge in [-0.05, 0) is 61.6 Å². The SMILES string of the molecule is Cc1cc2cc(CC(=O)NCC(c3cccs3)N(C)C)ccc2[nH]c1=O. The summed E-state index contributed by atoms with van der Waals surface area (Å²) in [5.41, 5.74) is 2.31. The molecule has 1 amide bonds. The lowest BCUT2D eigenvalue weighted by Crippen LogP contribution is -2.34. The number of nitrogens with one attached hydrogen (secondary N) is 2. The van der Waals surface area contributed by atoms with Gasteiger partial charge in [0.25, 0.3) is 5.56 Å². The predicted molar refractivity (Wildman–Crippen MR) is 107 cm³/mol. The maximum atomic E-state index is 12.4. The Labute approximate surface area is 156 Å². The molecule has 136 valence electrons. The third kappa shape index (κ3) is 4.20. The van der Waals surface area contributed by atoms with E-state index in [0.717, 1.165) is 16.5 Å². The highest BCUT2D eigenvalue weighted by Crippen LogP contribution is 2.22. The highest BCUT2D eigenvalue weighted by atomic mass is 32.1. The van der Waals surface area contributed by atoms with Gasteiger partial charge in [0, 0.05) is 22.5 Å². The van der Waals surface area contributed by atoms with Crippen LogP contribution in [0.3, 0.4) is 0 Å². The summed E-state index contributed by atoms with van der Waals surface area (Å²) in [6.07, 6.45) is 0.318. The maximum Gasteiger partial charge on any atom is 0.251 e. The van der Waals surface area contributed by atoms with E-state index in [1.807, 2.05) is 44.4 Å². The van der Waals surface area contributed by atoms with Gasteiger partial charge in [-0.25, -0.2) is 0 Å². The number of aromatic amines is 1. The third-order valence-electron chi connectivity index (χ3n) is 4.45. The molecule has 2 N–H and O–H groups in total. The van der Waals surface area contributed by atoms with Gasteiger partial charge in [0.15, 0.2) is 0 Å². The molecule has 0 bridgehead atoms. The van der Waals surface area contributed by atoms with Crippen LogP contribution in [-0.2, 0) is 11.2 Å². The molecule has 0 spiro atoms. The summed E-state index contributed by atoms with van der Waals surface area (Å²) in [4.78, 5) is 30.3. The van der Waals surface area contributed by atoms with Crippen molar-refractivity contribution in [3.8, 4) is 0 Å².